The number of hydrogen-bond donors (Lipinski definition) is 0. The summed E-state index contributed by atoms with van der Waals surface area (Å²) in [5.41, 5.74) is 1.60. The van der Waals surface area contributed by atoms with E-state index in [1.165, 1.54) is 5.56 Å². The second kappa shape index (κ2) is 9.60. The lowest BCUT2D eigenvalue weighted by molar-refractivity contribution is -0.146. The zero-order valence-electron chi connectivity index (χ0n) is 17.7. The van der Waals surface area contributed by atoms with Gasteiger partial charge in [-0.15, -0.1) is 0 Å². The molecule has 0 aliphatic heterocycles. The standard InChI is InChI=1S/C26H30O3/c1-5-6-7-11-22(29-26(27)18(2)3)17-28-25-23-12-9-8-10-20(23)16-21-14-13-19(4)15-24(21)25/h8-10,12-16,22H,2,5-7,11,17H2,1,3-4H3. The second-order valence-corrected chi connectivity index (χ2v) is 7.77. The van der Waals surface area contributed by atoms with Gasteiger partial charge < -0.3 is 9.47 Å². The van der Waals surface area contributed by atoms with E-state index in [4.69, 9.17) is 9.47 Å². The smallest absolute Gasteiger partial charge is 0.333 e. The van der Waals surface area contributed by atoms with Crippen LogP contribution < -0.4 is 4.74 Å². The van der Waals surface area contributed by atoms with Crippen LogP contribution in [0.1, 0.15) is 45.1 Å². The zero-order chi connectivity index (χ0) is 20.8. The first-order valence-electron chi connectivity index (χ1n) is 10.4. The van der Waals surface area contributed by atoms with E-state index in [-0.39, 0.29) is 12.1 Å². The summed E-state index contributed by atoms with van der Waals surface area (Å²) >= 11 is 0. The van der Waals surface area contributed by atoms with E-state index in [0.717, 1.165) is 53.0 Å². The second-order valence-electron chi connectivity index (χ2n) is 7.77. The molecule has 0 bridgehead atoms. The van der Waals surface area contributed by atoms with E-state index in [2.05, 4.69) is 56.8 Å². The summed E-state index contributed by atoms with van der Waals surface area (Å²) in [7, 11) is 0. The van der Waals surface area contributed by atoms with Crippen LogP contribution in [0, 0.1) is 6.92 Å². The van der Waals surface area contributed by atoms with Crippen molar-refractivity contribution in [2.75, 3.05) is 6.61 Å². The van der Waals surface area contributed by atoms with Gasteiger partial charge in [-0.25, -0.2) is 4.79 Å². The minimum atomic E-state index is -0.353. The van der Waals surface area contributed by atoms with Crippen molar-refractivity contribution in [3.05, 3.63) is 66.2 Å². The topological polar surface area (TPSA) is 35.5 Å². The van der Waals surface area contributed by atoms with Crippen molar-refractivity contribution in [3.63, 3.8) is 0 Å². The van der Waals surface area contributed by atoms with Gasteiger partial charge in [-0.05, 0) is 49.6 Å². The summed E-state index contributed by atoms with van der Waals surface area (Å²) in [6, 6.07) is 16.8. The average molecular weight is 391 g/mol. The number of unbranched alkanes of at least 4 members (excludes halogenated alkanes) is 2. The van der Waals surface area contributed by atoms with Gasteiger partial charge in [-0.2, -0.15) is 0 Å². The molecule has 0 spiro atoms. The van der Waals surface area contributed by atoms with Gasteiger partial charge in [-0.1, -0.05) is 68.3 Å². The first-order valence-corrected chi connectivity index (χ1v) is 10.4. The molecule has 1 atom stereocenters. The maximum atomic E-state index is 12.1. The van der Waals surface area contributed by atoms with Gasteiger partial charge in [0, 0.05) is 16.3 Å². The van der Waals surface area contributed by atoms with Crippen LogP contribution in [0.4, 0.5) is 0 Å². The van der Waals surface area contributed by atoms with Crippen LogP contribution in [0.25, 0.3) is 21.5 Å². The number of aryl methyl sites for hydroxylation is 1. The summed E-state index contributed by atoms with van der Waals surface area (Å²) in [6.45, 7) is 9.95. The molecule has 1 unspecified atom stereocenters. The third kappa shape index (κ3) is 5.17. The van der Waals surface area contributed by atoms with E-state index in [0.29, 0.717) is 12.2 Å². The number of benzene rings is 3. The van der Waals surface area contributed by atoms with Crippen LogP contribution in [-0.2, 0) is 9.53 Å². The number of carbonyl (C=O) groups is 1. The lowest BCUT2D eigenvalue weighted by Gasteiger charge is -2.20. The molecule has 0 saturated heterocycles. The average Bonchev–Trinajstić information content (AvgIpc) is 2.71. The van der Waals surface area contributed by atoms with Gasteiger partial charge in [0.1, 0.15) is 18.5 Å². The van der Waals surface area contributed by atoms with E-state index < -0.39 is 0 Å². The number of ether oxygens (including phenoxy) is 2. The minimum absolute atomic E-state index is 0.287. The number of hydrogen-bond acceptors (Lipinski definition) is 3. The van der Waals surface area contributed by atoms with Crippen LogP contribution >= 0.6 is 0 Å². The number of fused-ring (bicyclic) bond motifs is 2. The van der Waals surface area contributed by atoms with Crippen molar-refractivity contribution in [3.8, 4) is 5.75 Å². The fraction of sp³-hybridized carbons (Fsp3) is 0.346. The van der Waals surface area contributed by atoms with Crippen molar-refractivity contribution < 1.29 is 14.3 Å². The molecule has 0 aliphatic rings. The highest BCUT2D eigenvalue weighted by Gasteiger charge is 2.18. The number of carbonyl (C=O) groups excluding carboxylic acids is 1. The zero-order valence-corrected chi connectivity index (χ0v) is 17.7. The van der Waals surface area contributed by atoms with Crippen LogP contribution in [0.5, 0.6) is 5.75 Å². The van der Waals surface area contributed by atoms with Crippen LogP contribution in [0.2, 0.25) is 0 Å². The van der Waals surface area contributed by atoms with Crippen molar-refractivity contribution in [1.82, 2.24) is 0 Å². The minimum Gasteiger partial charge on any atom is -0.488 e. The number of rotatable bonds is 9. The quantitative estimate of drug-likeness (QED) is 0.175. The Morgan fingerprint density at radius 1 is 1.03 bits per heavy atom. The van der Waals surface area contributed by atoms with Gasteiger partial charge in [0.2, 0.25) is 0 Å². The van der Waals surface area contributed by atoms with Crippen LogP contribution in [0.3, 0.4) is 0 Å². The van der Waals surface area contributed by atoms with Crippen molar-refractivity contribution in [2.45, 2.75) is 52.6 Å². The molecule has 0 saturated carbocycles. The van der Waals surface area contributed by atoms with Crippen molar-refractivity contribution in [2.24, 2.45) is 0 Å². The fourth-order valence-corrected chi connectivity index (χ4v) is 3.52. The Bertz CT molecular complexity index is 1020. The Balaban J connectivity index is 1.91. The van der Waals surface area contributed by atoms with Gasteiger partial charge in [0.25, 0.3) is 0 Å². The molecular formula is C26H30O3. The molecule has 0 radical (unpaired) electrons. The Morgan fingerprint density at radius 3 is 2.55 bits per heavy atom. The largest absolute Gasteiger partial charge is 0.488 e. The molecule has 0 aliphatic carbocycles. The van der Waals surface area contributed by atoms with Gasteiger partial charge >= 0.3 is 5.97 Å². The SMILES string of the molecule is C=C(C)C(=O)OC(CCCCC)COc1c2ccccc2cc2ccc(C)cc12. The lowest BCUT2D eigenvalue weighted by Crippen LogP contribution is -2.25. The lowest BCUT2D eigenvalue weighted by atomic mass is 10.0. The highest BCUT2D eigenvalue weighted by molar-refractivity contribution is 6.05. The summed E-state index contributed by atoms with van der Waals surface area (Å²) in [5, 5.41) is 4.44. The fourth-order valence-electron chi connectivity index (χ4n) is 3.52. The van der Waals surface area contributed by atoms with Crippen molar-refractivity contribution in [1.29, 1.82) is 0 Å². The third-order valence-corrected chi connectivity index (χ3v) is 5.14. The Kier molecular flexibility index (Phi) is 6.92. The molecule has 3 aromatic carbocycles. The summed E-state index contributed by atoms with van der Waals surface area (Å²) in [5.74, 6) is 0.502. The predicted octanol–water partition coefficient (Wildman–Crippen LogP) is 6.75. The maximum absolute atomic E-state index is 12.1. The normalized spacial score (nSPS) is 12.1. The van der Waals surface area contributed by atoms with Gasteiger partial charge in [-0.3, -0.25) is 0 Å². The van der Waals surface area contributed by atoms with E-state index in [1.54, 1.807) is 6.92 Å². The summed E-state index contributed by atoms with van der Waals surface area (Å²) < 4.78 is 12.0. The van der Waals surface area contributed by atoms with E-state index in [9.17, 15) is 4.79 Å². The van der Waals surface area contributed by atoms with Gasteiger partial charge in [0.05, 0.1) is 0 Å². The molecule has 3 aromatic rings. The molecule has 0 fully saturated rings. The van der Waals surface area contributed by atoms with E-state index >= 15 is 0 Å². The molecule has 152 valence electrons. The predicted molar refractivity (Wildman–Crippen MR) is 121 cm³/mol. The number of esters is 1. The molecule has 29 heavy (non-hydrogen) atoms. The Morgan fingerprint density at radius 2 is 1.79 bits per heavy atom. The summed E-state index contributed by atoms with van der Waals surface area (Å²) in [6.07, 6.45) is 3.73. The molecule has 0 N–H and O–H groups in total. The van der Waals surface area contributed by atoms with Gasteiger partial charge in [0.15, 0.2) is 0 Å². The van der Waals surface area contributed by atoms with E-state index in [1.807, 2.05) is 12.1 Å². The monoisotopic (exact) mass is 390 g/mol. The summed E-state index contributed by atoms with van der Waals surface area (Å²) in [4.78, 5) is 12.1. The first kappa shape index (κ1) is 20.9. The maximum Gasteiger partial charge on any atom is 0.333 e. The molecule has 0 amide bonds. The van der Waals surface area contributed by atoms with Crippen LogP contribution in [0.15, 0.2) is 60.7 Å². The van der Waals surface area contributed by atoms with Crippen molar-refractivity contribution >= 4 is 27.5 Å². The molecule has 0 aromatic heterocycles. The molecule has 3 nitrogen and oxygen atoms in total. The first-order chi connectivity index (χ1) is 14.0. The molecule has 3 heteroatoms. The molecular weight excluding hydrogens is 360 g/mol. The molecule has 3 rings (SSSR count). The highest BCUT2D eigenvalue weighted by Crippen LogP contribution is 2.35. The Hall–Kier alpha value is -2.81. The van der Waals surface area contributed by atoms with Crippen LogP contribution in [-0.4, -0.2) is 18.7 Å². The highest BCUT2D eigenvalue weighted by atomic mass is 16.6. The third-order valence-electron chi connectivity index (χ3n) is 5.14. The Labute approximate surface area is 173 Å². The molecule has 0 heterocycles.